The molecule has 2 aliphatic carbocycles. The molecule has 2 aromatic rings. The van der Waals surface area contributed by atoms with E-state index in [1.165, 1.54) is 32.1 Å². The number of hydrogen-bond donors (Lipinski definition) is 0. The van der Waals surface area contributed by atoms with Crippen molar-refractivity contribution in [2.75, 3.05) is 6.54 Å². The first-order valence-corrected chi connectivity index (χ1v) is 10.5. The van der Waals surface area contributed by atoms with Crippen molar-refractivity contribution < 1.29 is 4.79 Å². The highest BCUT2D eigenvalue weighted by atomic mass is 35.5. The molecule has 0 spiro atoms. The molecular formula is C22H26ClN3O. The molecule has 142 valence electrons. The summed E-state index contributed by atoms with van der Waals surface area (Å²) in [6, 6.07) is 10.5. The number of nitrogens with zero attached hydrogens (tertiary/aromatic N) is 3. The van der Waals surface area contributed by atoms with E-state index in [2.05, 4.69) is 22.1 Å². The van der Waals surface area contributed by atoms with Gasteiger partial charge >= 0.3 is 0 Å². The van der Waals surface area contributed by atoms with Gasteiger partial charge in [-0.15, -0.1) is 0 Å². The van der Waals surface area contributed by atoms with Crippen molar-refractivity contribution >= 4 is 17.5 Å². The molecule has 4 aliphatic rings. The van der Waals surface area contributed by atoms with Gasteiger partial charge in [-0.1, -0.05) is 41.9 Å². The van der Waals surface area contributed by atoms with Crippen LogP contribution in [0.3, 0.4) is 0 Å². The average molecular weight is 384 g/mol. The Morgan fingerprint density at radius 1 is 1.07 bits per heavy atom. The number of carbonyl (C=O) groups excluding carboxylic acids is 1. The predicted octanol–water partition coefficient (Wildman–Crippen LogP) is 4.54. The number of fused-ring (bicyclic) bond motifs is 1. The van der Waals surface area contributed by atoms with Crippen molar-refractivity contribution in [2.24, 2.45) is 17.8 Å². The van der Waals surface area contributed by atoms with Crippen LogP contribution in [0.4, 0.5) is 0 Å². The second kappa shape index (κ2) is 6.66. The largest absolute Gasteiger partial charge is 0.335 e. The molecule has 3 heterocycles. The molecule has 0 radical (unpaired) electrons. The lowest BCUT2D eigenvalue weighted by atomic mass is 9.68. The van der Waals surface area contributed by atoms with Crippen molar-refractivity contribution in [1.29, 1.82) is 0 Å². The summed E-state index contributed by atoms with van der Waals surface area (Å²) in [6.45, 7) is 3.39. The number of halogens is 1. The van der Waals surface area contributed by atoms with Gasteiger partial charge in [0.25, 0.3) is 5.91 Å². The molecule has 1 aromatic carbocycles. The SMILES string of the molecule is Cc1nn(Cc2ccccc2)c(Cl)c1C(=O)N1CC2C[C@@H]3CC1C[C@H](C2)C3. The smallest absolute Gasteiger partial charge is 0.259 e. The minimum atomic E-state index is 0.0926. The summed E-state index contributed by atoms with van der Waals surface area (Å²) in [4.78, 5) is 15.7. The van der Waals surface area contributed by atoms with Gasteiger partial charge in [0.1, 0.15) is 5.15 Å². The summed E-state index contributed by atoms with van der Waals surface area (Å²) in [5.41, 5.74) is 2.48. The molecule has 2 aliphatic heterocycles. The van der Waals surface area contributed by atoms with E-state index in [0.29, 0.717) is 29.2 Å². The van der Waals surface area contributed by atoms with Crippen molar-refractivity contribution in [3.8, 4) is 0 Å². The van der Waals surface area contributed by atoms with E-state index in [1.807, 2.05) is 25.1 Å². The molecule has 5 heteroatoms. The lowest BCUT2D eigenvalue weighted by Crippen LogP contribution is -2.42. The Bertz CT molecular complexity index is 848. The minimum absolute atomic E-state index is 0.0926. The summed E-state index contributed by atoms with van der Waals surface area (Å²) in [7, 11) is 0. The van der Waals surface area contributed by atoms with Crippen LogP contribution < -0.4 is 0 Å². The Hall–Kier alpha value is -1.81. The molecule has 1 amide bonds. The summed E-state index contributed by atoms with van der Waals surface area (Å²) in [6.07, 6.45) is 6.33. The standard InChI is InChI=1S/C22H26ClN3O/c1-14-20(21(23)26(24-14)13-15-5-3-2-4-6-15)22(27)25-12-18-8-16-7-17(9-18)11-19(25)10-16/h2-6,16-19H,7-13H2,1H3/t16-,17+,18?,19?. The van der Waals surface area contributed by atoms with Crippen LogP contribution >= 0.6 is 11.6 Å². The molecule has 4 atom stereocenters. The third-order valence-corrected chi connectivity index (χ3v) is 7.21. The van der Waals surface area contributed by atoms with Crippen LogP contribution in [0.25, 0.3) is 0 Å². The van der Waals surface area contributed by atoms with Crippen molar-refractivity contribution in [3.05, 3.63) is 52.3 Å². The Balaban J connectivity index is 1.43. The first-order chi connectivity index (χ1) is 13.1. The second-order valence-electron chi connectivity index (χ2n) is 8.78. The minimum Gasteiger partial charge on any atom is -0.335 e. The zero-order valence-corrected chi connectivity index (χ0v) is 16.5. The number of aromatic nitrogens is 2. The second-order valence-corrected chi connectivity index (χ2v) is 9.14. The van der Waals surface area contributed by atoms with Crippen LogP contribution in [0.2, 0.25) is 5.15 Å². The summed E-state index contributed by atoms with van der Waals surface area (Å²) in [5, 5.41) is 5.07. The number of amides is 1. The van der Waals surface area contributed by atoms with Crippen LogP contribution in [0.5, 0.6) is 0 Å². The van der Waals surface area contributed by atoms with Crippen LogP contribution in [0.1, 0.15) is 53.7 Å². The fraction of sp³-hybridized carbons (Fsp3) is 0.545. The monoisotopic (exact) mass is 383 g/mol. The summed E-state index contributed by atoms with van der Waals surface area (Å²) >= 11 is 6.67. The van der Waals surface area contributed by atoms with Crippen molar-refractivity contribution in [2.45, 2.75) is 51.6 Å². The predicted molar refractivity (Wildman–Crippen MR) is 106 cm³/mol. The van der Waals surface area contributed by atoms with Gasteiger partial charge in [-0.3, -0.25) is 4.79 Å². The van der Waals surface area contributed by atoms with Gasteiger partial charge in [-0.25, -0.2) is 4.68 Å². The topological polar surface area (TPSA) is 38.1 Å². The van der Waals surface area contributed by atoms with Crippen molar-refractivity contribution in [1.82, 2.24) is 14.7 Å². The Kier molecular flexibility index (Phi) is 4.27. The molecule has 2 unspecified atom stereocenters. The molecule has 27 heavy (non-hydrogen) atoms. The molecule has 4 bridgehead atoms. The molecule has 2 saturated carbocycles. The molecule has 4 nitrogen and oxygen atoms in total. The van der Waals surface area contributed by atoms with Gasteiger partial charge in [0.05, 0.1) is 17.8 Å². The van der Waals surface area contributed by atoms with E-state index < -0.39 is 0 Å². The summed E-state index contributed by atoms with van der Waals surface area (Å²) < 4.78 is 1.76. The molecule has 1 aromatic heterocycles. The van der Waals surface area contributed by atoms with Gasteiger partial charge in [-0.2, -0.15) is 5.10 Å². The third kappa shape index (κ3) is 3.08. The molecular weight excluding hydrogens is 358 g/mol. The van der Waals surface area contributed by atoms with Crippen LogP contribution in [-0.2, 0) is 6.54 Å². The van der Waals surface area contributed by atoms with E-state index in [9.17, 15) is 4.79 Å². The van der Waals surface area contributed by atoms with Gasteiger partial charge in [-0.05, 0) is 62.3 Å². The normalized spacial score (nSPS) is 29.2. The number of carbonyl (C=O) groups is 1. The van der Waals surface area contributed by atoms with Gasteiger partial charge in [0, 0.05) is 12.6 Å². The van der Waals surface area contributed by atoms with Crippen LogP contribution in [-0.4, -0.2) is 33.2 Å². The Morgan fingerprint density at radius 3 is 2.44 bits per heavy atom. The quantitative estimate of drug-likeness (QED) is 0.780. The van der Waals surface area contributed by atoms with E-state index in [-0.39, 0.29) is 5.91 Å². The summed E-state index contributed by atoms with van der Waals surface area (Å²) in [5.74, 6) is 2.41. The number of benzene rings is 1. The van der Waals surface area contributed by atoms with Crippen LogP contribution in [0.15, 0.2) is 30.3 Å². The van der Waals surface area contributed by atoms with Gasteiger partial charge in [0.15, 0.2) is 0 Å². The molecule has 2 saturated heterocycles. The maximum absolute atomic E-state index is 13.5. The first kappa shape index (κ1) is 17.3. The first-order valence-electron chi connectivity index (χ1n) is 10.2. The molecule has 4 fully saturated rings. The van der Waals surface area contributed by atoms with E-state index in [1.54, 1.807) is 4.68 Å². The van der Waals surface area contributed by atoms with E-state index in [4.69, 9.17) is 11.6 Å². The van der Waals surface area contributed by atoms with Gasteiger partial charge < -0.3 is 4.90 Å². The fourth-order valence-electron chi connectivity index (χ4n) is 5.83. The number of aryl methyl sites for hydroxylation is 1. The fourth-order valence-corrected chi connectivity index (χ4v) is 6.15. The molecule has 6 rings (SSSR count). The molecule has 0 N–H and O–H groups in total. The zero-order chi connectivity index (χ0) is 18.5. The zero-order valence-electron chi connectivity index (χ0n) is 15.8. The highest BCUT2D eigenvalue weighted by molar-refractivity contribution is 6.33. The number of rotatable bonds is 3. The lowest BCUT2D eigenvalue weighted by Gasteiger charge is -2.39. The maximum Gasteiger partial charge on any atom is 0.259 e. The van der Waals surface area contributed by atoms with E-state index >= 15 is 0 Å². The Labute approximate surface area is 165 Å². The maximum atomic E-state index is 13.5. The highest BCUT2D eigenvalue weighted by Crippen LogP contribution is 2.48. The van der Waals surface area contributed by atoms with Crippen molar-refractivity contribution in [3.63, 3.8) is 0 Å². The lowest BCUT2D eigenvalue weighted by molar-refractivity contribution is 0.0632. The van der Waals surface area contributed by atoms with Crippen LogP contribution in [0, 0.1) is 24.7 Å². The Morgan fingerprint density at radius 2 is 1.74 bits per heavy atom. The van der Waals surface area contributed by atoms with Gasteiger partial charge in [0.2, 0.25) is 0 Å². The van der Waals surface area contributed by atoms with E-state index in [0.717, 1.165) is 29.6 Å². The average Bonchev–Trinajstić information content (AvgIpc) is 2.78. The third-order valence-electron chi connectivity index (χ3n) is 6.82. The highest BCUT2D eigenvalue weighted by Gasteiger charge is 2.44. The number of hydrogen-bond acceptors (Lipinski definition) is 2.